The van der Waals surface area contributed by atoms with E-state index in [0.29, 0.717) is 6.54 Å². The molecular formula is C12H11N3O. The van der Waals surface area contributed by atoms with E-state index in [-0.39, 0.29) is 5.69 Å². The lowest BCUT2D eigenvalue weighted by Gasteiger charge is -2.02. The predicted octanol–water partition coefficient (Wildman–Crippen LogP) is 1.90. The van der Waals surface area contributed by atoms with Crippen LogP contribution in [0.1, 0.15) is 6.92 Å². The molecule has 3 rings (SSSR count). The summed E-state index contributed by atoms with van der Waals surface area (Å²) in [6.45, 7) is 2.62. The predicted molar refractivity (Wildman–Crippen MR) is 63.5 cm³/mol. The second-order valence-electron chi connectivity index (χ2n) is 3.71. The zero-order valence-electron chi connectivity index (χ0n) is 8.90. The van der Waals surface area contributed by atoms with Crippen molar-refractivity contribution in [2.24, 2.45) is 0 Å². The third-order valence-corrected chi connectivity index (χ3v) is 2.82. The molecule has 0 aliphatic heterocycles. The zero-order valence-corrected chi connectivity index (χ0v) is 8.90. The van der Waals surface area contributed by atoms with Crippen molar-refractivity contribution in [3.8, 4) is 0 Å². The molecule has 0 aliphatic rings. The Hall–Kier alpha value is -2.10. The molecule has 0 saturated heterocycles. The molecule has 0 amide bonds. The number of aromatic nitrogens is 3. The maximum absolute atomic E-state index is 11.7. The minimum atomic E-state index is -0.0735. The summed E-state index contributed by atoms with van der Waals surface area (Å²) in [7, 11) is 0. The molecule has 1 aromatic carbocycles. The second-order valence-corrected chi connectivity index (χ2v) is 3.71. The Morgan fingerprint density at radius 3 is 3.00 bits per heavy atom. The smallest absolute Gasteiger partial charge is 0.304 e. The summed E-state index contributed by atoms with van der Waals surface area (Å²) in [5, 5.41) is 1.01. The number of H-pyrrole nitrogens is 1. The van der Waals surface area contributed by atoms with E-state index in [4.69, 9.17) is 0 Å². The van der Waals surface area contributed by atoms with Gasteiger partial charge in [-0.25, -0.2) is 4.79 Å². The van der Waals surface area contributed by atoms with Crippen LogP contribution in [0.15, 0.2) is 35.3 Å². The molecule has 0 saturated carbocycles. The van der Waals surface area contributed by atoms with Crippen LogP contribution in [0.5, 0.6) is 0 Å². The number of nitrogens with one attached hydrogen (secondary N) is 1. The van der Waals surface area contributed by atoms with Crippen LogP contribution < -0.4 is 5.69 Å². The molecule has 0 spiro atoms. The van der Waals surface area contributed by atoms with Crippen LogP contribution in [0.25, 0.3) is 21.9 Å². The maximum Gasteiger partial charge on any atom is 0.326 e. The van der Waals surface area contributed by atoms with Crippen LogP contribution in [0.3, 0.4) is 0 Å². The summed E-state index contributed by atoms with van der Waals surface area (Å²) in [6.07, 6.45) is 1.71. The minimum Gasteiger partial charge on any atom is -0.304 e. The topological polar surface area (TPSA) is 50.7 Å². The van der Waals surface area contributed by atoms with Gasteiger partial charge in [-0.2, -0.15) is 0 Å². The van der Waals surface area contributed by atoms with Crippen molar-refractivity contribution < 1.29 is 0 Å². The summed E-state index contributed by atoms with van der Waals surface area (Å²) in [5.41, 5.74) is 2.58. The molecule has 4 heteroatoms. The zero-order chi connectivity index (χ0) is 11.1. The van der Waals surface area contributed by atoms with Crippen molar-refractivity contribution >= 4 is 21.9 Å². The first-order chi connectivity index (χ1) is 7.81. The van der Waals surface area contributed by atoms with E-state index in [9.17, 15) is 4.79 Å². The Morgan fingerprint density at radius 2 is 2.19 bits per heavy atom. The molecule has 4 nitrogen and oxygen atoms in total. The van der Waals surface area contributed by atoms with Crippen molar-refractivity contribution in [2.45, 2.75) is 13.5 Å². The van der Waals surface area contributed by atoms with Gasteiger partial charge in [0.05, 0.1) is 22.7 Å². The van der Waals surface area contributed by atoms with Gasteiger partial charge in [-0.3, -0.25) is 9.55 Å². The fraction of sp³-hybridized carbons (Fsp3) is 0.167. The molecule has 0 bridgehead atoms. The van der Waals surface area contributed by atoms with Gasteiger partial charge in [-0.05, 0) is 13.0 Å². The van der Waals surface area contributed by atoms with Gasteiger partial charge < -0.3 is 4.98 Å². The molecule has 80 valence electrons. The maximum atomic E-state index is 11.7. The fourth-order valence-electron chi connectivity index (χ4n) is 2.10. The van der Waals surface area contributed by atoms with E-state index >= 15 is 0 Å². The summed E-state index contributed by atoms with van der Waals surface area (Å²) >= 11 is 0. The van der Waals surface area contributed by atoms with Crippen LogP contribution in [0, 0.1) is 0 Å². The molecule has 0 atom stereocenters. The van der Waals surface area contributed by atoms with Crippen LogP contribution in [-0.2, 0) is 6.54 Å². The molecular weight excluding hydrogens is 202 g/mol. The highest BCUT2D eigenvalue weighted by molar-refractivity contribution is 6.01. The largest absolute Gasteiger partial charge is 0.326 e. The van der Waals surface area contributed by atoms with Crippen molar-refractivity contribution in [1.82, 2.24) is 14.5 Å². The third kappa shape index (κ3) is 1.10. The number of hydrogen-bond acceptors (Lipinski definition) is 2. The van der Waals surface area contributed by atoms with E-state index in [1.54, 1.807) is 10.8 Å². The molecule has 3 aromatic rings. The normalized spacial score (nSPS) is 11.3. The Labute approximate surface area is 91.5 Å². The fourth-order valence-corrected chi connectivity index (χ4v) is 2.10. The number of fused-ring (bicyclic) bond motifs is 3. The first-order valence-electron chi connectivity index (χ1n) is 5.27. The summed E-state index contributed by atoms with van der Waals surface area (Å²) < 4.78 is 1.74. The highest BCUT2D eigenvalue weighted by Gasteiger charge is 2.08. The Balaban J connectivity index is 2.62. The molecule has 2 aromatic heterocycles. The SMILES string of the molecule is CCn1c(=O)[nH]c2cnc3ccccc3c21. The average molecular weight is 213 g/mol. The van der Waals surface area contributed by atoms with E-state index in [1.807, 2.05) is 31.2 Å². The number of rotatable bonds is 1. The number of aryl methyl sites for hydroxylation is 1. The number of nitrogens with zero attached hydrogens (tertiary/aromatic N) is 2. The monoisotopic (exact) mass is 213 g/mol. The Bertz CT molecular complexity index is 724. The van der Waals surface area contributed by atoms with Gasteiger partial charge >= 0.3 is 5.69 Å². The van der Waals surface area contributed by atoms with Gasteiger partial charge in [0, 0.05) is 11.9 Å². The summed E-state index contributed by atoms with van der Waals surface area (Å²) in [6, 6.07) is 7.85. The lowest BCUT2D eigenvalue weighted by Crippen LogP contribution is -2.15. The van der Waals surface area contributed by atoms with Gasteiger partial charge in [-0.1, -0.05) is 18.2 Å². The molecule has 0 radical (unpaired) electrons. The molecule has 0 fully saturated rings. The number of hydrogen-bond donors (Lipinski definition) is 1. The summed E-state index contributed by atoms with van der Waals surface area (Å²) in [5.74, 6) is 0. The van der Waals surface area contributed by atoms with Crippen molar-refractivity contribution in [3.05, 3.63) is 40.9 Å². The number of para-hydroxylation sites is 1. The number of imidazole rings is 1. The average Bonchev–Trinajstić information content (AvgIpc) is 2.65. The van der Waals surface area contributed by atoms with Gasteiger partial charge in [0.25, 0.3) is 0 Å². The highest BCUT2D eigenvalue weighted by Crippen LogP contribution is 2.20. The molecule has 0 unspecified atom stereocenters. The quantitative estimate of drug-likeness (QED) is 0.671. The Morgan fingerprint density at radius 1 is 1.38 bits per heavy atom. The number of benzene rings is 1. The lowest BCUT2D eigenvalue weighted by molar-refractivity contribution is 0.755. The molecule has 0 aliphatic carbocycles. The molecule has 16 heavy (non-hydrogen) atoms. The summed E-state index contributed by atoms with van der Waals surface area (Å²) in [4.78, 5) is 18.8. The van der Waals surface area contributed by atoms with E-state index in [2.05, 4.69) is 9.97 Å². The van der Waals surface area contributed by atoms with Gasteiger partial charge in [0.15, 0.2) is 0 Å². The molecule has 1 N–H and O–H groups in total. The van der Waals surface area contributed by atoms with Crippen LogP contribution in [-0.4, -0.2) is 14.5 Å². The minimum absolute atomic E-state index is 0.0735. The lowest BCUT2D eigenvalue weighted by atomic mass is 10.2. The standard InChI is InChI=1S/C12H11N3O/c1-2-15-11-8-5-3-4-6-9(8)13-7-10(11)14-12(15)16/h3-7H,2H2,1H3,(H,14,16). The van der Waals surface area contributed by atoms with Crippen molar-refractivity contribution in [2.75, 3.05) is 0 Å². The Kier molecular flexibility index (Phi) is 1.83. The van der Waals surface area contributed by atoms with E-state index in [1.165, 1.54) is 0 Å². The van der Waals surface area contributed by atoms with Gasteiger partial charge in [0.2, 0.25) is 0 Å². The van der Waals surface area contributed by atoms with E-state index < -0.39 is 0 Å². The van der Waals surface area contributed by atoms with Crippen LogP contribution in [0.2, 0.25) is 0 Å². The first-order valence-corrected chi connectivity index (χ1v) is 5.27. The van der Waals surface area contributed by atoms with Crippen molar-refractivity contribution in [3.63, 3.8) is 0 Å². The third-order valence-electron chi connectivity index (χ3n) is 2.82. The second kappa shape index (κ2) is 3.20. The van der Waals surface area contributed by atoms with Crippen LogP contribution >= 0.6 is 0 Å². The number of aromatic amines is 1. The van der Waals surface area contributed by atoms with Gasteiger partial charge in [0.1, 0.15) is 0 Å². The van der Waals surface area contributed by atoms with E-state index in [0.717, 1.165) is 21.9 Å². The van der Waals surface area contributed by atoms with Gasteiger partial charge in [-0.15, -0.1) is 0 Å². The first kappa shape index (κ1) is 9.15. The highest BCUT2D eigenvalue weighted by atomic mass is 16.1. The number of pyridine rings is 1. The van der Waals surface area contributed by atoms with Crippen LogP contribution in [0.4, 0.5) is 0 Å². The van der Waals surface area contributed by atoms with Crippen molar-refractivity contribution in [1.29, 1.82) is 0 Å². The molecule has 2 heterocycles.